The first-order valence-electron chi connectivity index (χ1n) is 26.8. The Morgan fingerprint density at radius 1 is 0.543 bits per heavy atom. The van der Waals surface area contributed by atoms with Crippen LogP contribution < -0.4 is 64.6 Å². The smallest absolute Gasteiger partial charge is 0.326 e. The second-order valence-corrected chi connectivity index (χ2v) is 20.2. The number of hydrogen-bond acceptors (Lipinski definition) is 15. The highest BCUT2D eigenvalue weighted by Gasteiger charge is 2.36. The molecule has 0 aliphatic rings. The van der Waals surface area contributed by atoms with Gasteiger partial charge >= 0.3 is 5.97 Å². The molecular formula is C54H82N12O15. The van der Waals surface area contributed by atoms with E-state index in [-0.39, 0.29) is 50.2 Å². The number of carbonyl (C=O) groups is 12. The number of aromatic hydroxyl groups is 1. The maximum Gasteiger partial charge on any atom is 0.326 e. The number of aliphatic hydroxyl groups excluding tert-OH is 1. The van der Waals surface area contributed by atoms with E-state index >= 15 is 0 Å². The van der Waals surface area contributed by atoms with Crippen LogP contribution in [-0.2, 0) is 70.4 Å². The van der Waals surface area contributed by atoms with Crippen LogP contribution >= 0.6 is 0 Å². The molecule has 0 radical (unpaired) electrons. The van der Waals surface area contributed by atoms with Crippen molar-refractivity contribution in [3.8, 4) is 5.75 Å². The van der Waals surface area contributed by atoms with Crippen LogP contribution in [0.5, 0.6) is 5.75 Å². The number of aliphatic carboxylic acids is 1. The molecule has 0 spiro atoms. The van der Waals surface area contributed by atoms with Gasteiger partial charge in [-0.2, -0.15) is 0 Å². The third-order valence-corrected chi connectivity index (χ3v) is 12.8. The molecule has 27 nitrogen and oxygen atoms in total. The minimum absolute atomic E-state index is 0.0628. The van der Waals surface area contributed by atoms with Gasteiger partial charge in [0.1, 0.15) is 60.1 Å². The average Bonchev–Trinajstić information content (AvgIpc) is 3.43. The molecule has 448 valence electrons. The lowest BCUT2D eigenvalue weighted by Crippen LogP contribution is -2.62. The van der Waals surface area contributed by atoms with Crippen LogP contribution in [0.4, 0.5) is 0 Å². The summed E-state index contributed by atoms with van der Waals surface area (Å²) in [7, 11) is 0. The zero-order valence-corrected chi connectivity index (χ0v) is 46.9. The van der Waals surface area contributed by atoms with Crippen molar-refractivity contribution in [3.63, 3.8) is 0 Å². The van der Waals surface area contributed by atoms with Crippen molar-refractivity contribution in [2.45, 2.75) is 161 Å². The van der Waals surface area contributed by atoms with Gasteiger partial charge in [-0.25, -0.2) is 4.79 Å². The molecule has 17 N–H and O–H groups in total. The molecule has 0 saturated carbocycles. The number of phenols is 1. The number of carboxylic acid groups (broad SMARTS) is 1. The average molecular weight is 1140 g/mol. The number of nitrogens with one attached hydrogen (secondary N) is 10. The molecule has 0 aromatic heterocycles. The van der Waals surface area contributed by atoms with Gasteiger partial charge in [0.2, 0.25) is 65.0 Å². The first-order valence-corrected chi connectivity index (χ1v) is 26.8. The van der Waals surface area contributed by atoms with Crippen molar-refractivity contribution in [3.05, 3.63) is 65.7 Å². The molecule has 0 aliphatic heterocycles. The Kier molecular flexibility index (Phi) is 30.1. The molecule has 2 rings (SSSR count). The molecule has 0 unspecified atom stereocenters. The number of benzene rings is 2. The fraction of sp³-hybridized carbons (Fsp3) is 0.556. The second kappa shape index (κ2) is 35.4. The first kappa shape index (κ1) is 68.9. The Hall–Kier alpha value is -8.20. The molecule has 0 aliphatic carbocycles. The van der Waals surface area contributed by atoms with E-state index in [2.05, 4.69) is 53.2 Å². The summed E-state index contributed by atoms with van der Waals surface area (Å²) < 4.78 is 0. The highest BCUT2D eigenvalue weighted by Crippen LogP contribution is 2.15. The number of unbranched alkanes of at least 4 members (excludes halogenated alkanes) is 1. The summed E-state index contributed by atoms with van der Waals surface area (Å²) in [6, 6.07) is 1.74. The molecule has 0 heterocycles. The largest absolute Gasteiger partial charge is 0.508 e. The first-order chi connectivity index (χ1) is 38.2. The summed E-state index contributed by atoms with van der Waals surface area (Å²) in [5.74, 6) is -11.3. The number of rotatable bonds is 36. The molecule has 81 heavy (non-hydrogen) atoms. The summed E-state index contributed by atoms with van der Waals surface area (Å²) in [4.78, 5) is 158. The standard InChI is InChI=1S/C54H82N12O15/c1-8-30(4)45(66-51(77)39(24-29(2)3)62-47(73)32(6)59-48(74)37(60-33(7)68)21-22-43(56)70)53(79)65-42(28-67)52(78)64-41(25-34-14-10-9-11-15-34)50(76)63-40(26-35-17-19-36(69)20-18-35)49(75)58-31(5)46(72)57-27-44(71)61-38(54(80)81)16-12-13-23-55/h9-11,14-15,17-20,29-32,37-42,45,67,69H,8,12-13,16,21-28,55H2,1-7H3,(H2,56,70)(H,57,72)(H,58,75)(H,59,74)(H,60,68)(H,61,71)(H,62,73)(H,63,76)(H,64,78)(H,65,79)(H,66,77)(H,80,81)/t30-,31-,32-,37-,38-,39-,40-,41-,42-,45-/m0/s1. The predicted molar refractivity (Wildman–Crippen MR) is 294 cm³/mol. The maximum absolute atomic E-state index is 14.4. The van der Waals surface area contributed by atoms with E-state index in [1.165, 1.54) is 38.1 Å². The highest BCUT2D eigenvalue weighted by molar-refractivity contribution is 5.98. The van der Waals surface area contributed by atoms with Crippen molar-refractivity contribution in [1.82, 2.24) is 53.2 Å². The van der Waals surface area contributed by atoms with Gasteiger partial charge in [0.25, 0.3) is 0 Å². The zero-order valence-electron chi connectivity index (χ0n) is 46.9. The van der Waals surface area contributed by atoms with Crippen LogP contribution in [0.25, 0.3) is 0 Å². The summed E-state index contributed by atoms with van der Waals surface area (Å²) >= 11 is 0. The number of hydrogen-bond donors (Lipinski definition) is 15. The predicted octanol–water partition coefficient (Wildman–Crippen LogP) is -2.72. The van der Waals surface area contributed by atoms with Crippen LogP contribution in [0.1, 0.15) is 105 Å². The van der Waals surface area contributed by atoms with E-state index in [1.807, 2.05) is 0 Å². The maximum atomic E-state index is 14.4. The quantitative estimate of drug-likeness (QED) is 0.0308. The molecule has 0 fully saturated rings. The number of carbonyl (C=O) groups excluding carboxylic acids is 11. The van der Waals surface area contributed by atoms with Crippen LogP contribution in [0.15, 0.2) is 54.6 Å². The minimum Gasteiger partial charge on any atom is -0.508 e. The van der Waals surface area contributed by atoms with E-state index < -0.39 is 144 Å². The highest BCUT2D eigenvalue weighted by atomic mass is 16.4. The van der Waals surface area contributed by atoms with E-state index in [0.717, 1.165) is 6.92 Å². The van der Waals surface area contributed by atoms with Gasteiger partial charge in [0.15, 0.2) is 0 Å². The summed E-state index contributed by atoms with van der Waals surface area (Å²) in [6.07, 6.45) is 0.673. The zero-order chi connectivity index (χ0) is 60.9. The molecule has 0 bridgehead atoms. The number of nitrogens with two attached hydrogens (primary N) is 2. The molecule has 0 saturated heterocycles. The summed E-state index contributed by atoms with van der Waals surface area (Å²) in [5, 5.41) is 54.9. The normalized spacial score (nSPS) is 14.7. The van der Waals surface area contributed by atoms with E-state index in [0.29, 0.717) is 36.9 Å². The molecule has 10 atom stereocenters. The monoisotopic (exact) mass is 1140 g/mol. The van der Waals surface area contributed by atoms with Gasteiger partial charge in [-0.3, -0.25) is 52.7 Å². The van der Waals surface area contributed by atoms with Crippen molar-refractivity contribution in [2.75, 3.05) is 19.7 Å². The number of aliphatic hydroxyl groups is 1. The Bertz CT molecular complexity index is 2460. The fourth-order valence-electron chi connectivity index (χ4n) is 7.97. The Labute approximate surface area is 470 Å². The van der Waals surface area contributed by atoms with Gasteiger partial charge in [-0.1, -0.05) is 76.6 Å². The van der Waals surface area contributed by atoms with Crippen LogP contribution in [0, 0.1) is 11.8 Å². The van der Waals surface area contributed by atoms with Gasteiger partial charge < -0.3 is 80.0 Å². The molecule has 27 heteroatoms. The Balaban J connectivity index is 2.35. The lowest BCUT2D eigenvalue weighted by molar-refractivity contribution is -0.142. The number of amides is 11. The van der Waals surface area contributed by atoms with Crippen LogP contribution in [-0.4, -0.2) is 160 Å². The van der Waals surface area contributed by atoms with Crippen molar-refractivity contribution in [1.29, 1.82) is 0 Å². The van der Waals surface area contributed by atoms with Crippen molar-refractivity contribution < 1.29 is 72.9 Å². The molecule has 11 amide bonds. The lowest BCUT2D eigenvalue weighted by Gasteiger charge is -2.29. The molecule has 2 aromatic rings. The van der Waals surface area contributed by atoms with Gasteiger partial charge in [-0.05, 0) is 87.6 Å². The summed E-state index contributed by atoms with van der Waals surface area (Å²) in [6.45, 7) is 9.42. The van der Waals surface area contributed by atoms with E-state index in [4.69, 9.17) is 11.5 Å². The van der Waals surface area contributed by atoms with Crippen LogP contribution in [0.3, 0.4) is 0 Å². The second-order valence-electron chi connectivity index (χ2n) is 20.2. The van der Waals surface area contributed by atoms with E-state index in [1.54, 1.807) is 58.0 Å². The SMILES string of the molecule is CC[C@H](C)[C@H](NC(=O)[C@H](CC(C)C)NC(=O)[C@H](C)NC(=O)[C@H](CCC(N)=O)NC(C)=O)C(=O)N[C@@H](CO)C(=O)N[C@@H](Cc1ccccc1)C(=O)N[C@@H](Cc1ccc(O)cc1)C(=O)N[C@@H](C)C(=O)NCC(=O)N[C@@H](CCCCN)C(=O)O. The number of carboxylic acids is 1. The fourth-order valence-corrected chi connectivity index (χ4v) is 7.97. The third kappa shape index (κ3) is 25.6. The molecule has 2 aromatic carbocycles. The van der Waals surface area contributed by atoms with Crippen molar-refractivity contribution in [2.24, 2.45) is 23.3 Å². The number of phenolic OH excluding ortho intramolecular Hbond substituents is 1. The topological polar surface area (TPSA) is 438 Å². The van der Waals surface area contributed by atoms with Gasteiger partial charge in [-0.15, -0.1) is 0 Å². The summed E-state index contributed by atoms with van der Waals surface area (Å²) in [5.41, 5.74) is 11.7. The minimum atomic E-state index is -1.73. The Morgan fingerprint density at radius 3 is 1.57 bits per heavy atom. The lowest BCUT2D eigenvalue weighted by atomic mass is 9.96. The van der Waals surface area contributed by atoms with Crippen molar-refractivity contribution >= 4 is 70.9 Å². The van der Waals surface area contributed by atoms with E-state index in [9.17, 15) is 72.9 Å². The van der Waals surface area contributed by atoms with Gasteiger partial charge in [0.05, 0.1) is 13.2 Å². The molecular weight excluding hydrogens is 1060 g/mol. The number of primary amides is 1. The Morgan fingerprint density at radius 2 is 1.05 bits per heavy atom. The third-order valence-electron chi connectivity index (χ3n) is 12.8. The van der Waals surface area contributed by atoms with Crippen LogP contribution in [0.2, 0.25) is 0 Å². The van der Waals surface area contributed by atoms with Gasteiger partial charge in [0, 0.05) is 26.2 Å².